The molecular weight excluding hydrogens is 194 g/mol. The van der Waals surface area contributed by atoms with Gasteiger partial charge in [-0.3, -0.25) is 0 Å². The summed E-state index contributed by atoms with van der Waals surface area (Å²) in [6.45, 7) is 6.75. The zero-order valence-electron chi connectivity index (χ0n) is 9.37. The van der Waals surface area contributed by atoms with Crippen molar-refractivity contribution in [1.29, 1.82) is 0 Å². The van der Waals surface area contributed by atoms with Crippen LogP contribution in [0.25, 0.3) is 0 Å². The van der Waals surface area contributed by atoms with E-state index >= 15 is 0 Å². The molecule has 0 saturated carbocycles. The number of anilines is 1. The molecule has 0 unspecified atom stereocenters. The van der Waals surface area contributed by atoms with Gasteiger partial charge in [-0.15, -0.1) is 0 Å². The second kappa shape index (κ2) is 5.50. The molecule has 1 heterocycles. The Morgan fingerprint density at radius 1 is 1.33 bits per heavy atom. The molecule has 5 nitrogen and oxygen atoms in total. The average molecular weight is 211 g/mol. The smallest absolute Gasteiger partial charge is 0.221 e. The van der Waals surface area contributed by atoms with Crippen LogP contribution in [0.2, 0.25) is 0 Å². The average Bonchev–Trinajstić information content (AvgIpc) is 2.21. The number of aliphatic hydroxyl groups excluding tert-OH is 1. The van der Waals surface area contributed by atoms with Gasteiger partial charge in [0.1, 0.15) is 18.2 Å². The predicted molar refractivity (Wildman–Crippen MR) is 58.3 cm³/mol. The van der Waals surface area contributed by atoms with Crippen molar-refractivity contribution in [2.45, 2.75) is 20.8 Å². The van der Waals surface area contributed by atoms with Crippen molar-refractivity contribution >= 4 is 5.82 Å². The quantitative estimate of drug-likeness (QED) is 0.757. The molecule has 0 amide bonds. The molecule has 84 valence electrons. The van der Waals surface area contributed by atoms with Gasteiger partial charge in [0, 0.05) is 6.54 Å². The predicted octanol–water partition coefficient (Wildman–Crippen LogP) is 0.896. The van der Waals surface area contributed by atoms with Crippen LogP contribution in [0.1, 0.15) is 18.3 Å². The summed E-state index contributed by atoms with van der Waals surface area (Å²) < 4.78 is 5.31. The molecule has 0 aliphatic carbocycles. The van der Waals surface area contributed by atoms with Gasteiger partial charge in [0.05, 0.1) is 12.2 Å². The topological polar surface area (TPSA) is 67.3 Å². The van der Waals surface area contributed by atoms with Gasteiger partial charge in [-0.25, -0.2) is 4.98 Å². The standard InChI is InChI=1S/C10H17N3O2/c1-4-11-9-7(2)10(15-6-5-14)13-8(3)12-9/h14H,4-6H2,1-3H3,(H,11,12,13). The Hall–Kier alpha value is -1.36. The number of aryl methyl sites for hydroxylation is 1. The fourth-order valence-electron chi connectivity index (χ4n) is 1.23. The lowest BCUT2D eigenvalue weighted by molar-refractivity contribution is 0.195. The summed E-state index contributed by atoms with van der Waals surface area (Å²) in [5.41, 5.74) is 0.871. The maximum absolute atomic E-state index is 8.68. The lowest BCUT2D eigenvalue weighted by Crippen LogP contribution is -2.09. The van der Waals surface area contributed by atoms with Crippen molar-refractivity contribution in [3.8, 4) is 5.88 Å². The van der Waals surface area contributed by atoms with Crippen molar-refractivity contribution in [3.05, 3.63) is 11.4 Å². The van der Waals surface area contributed by atoms with Gasteiger partial charge in [-0.05, 0) is 20.8 Å². The third kappa shape index (κ3) is 3.06. The minimum absolute atomic E-state index is 0.0149. The number of aromatic nitrogens is 2. The highest BCUT2D eigenvalue weighted by atomic mass is 16.5. The molecule has 0 bridgehead atoms. The van der Waals surface area contributed by atoms with E-state index < -0.39 is 0 Å². The van der Waals surface area contributed by atoms with Crippen LogP contribution in [0.5, 0.6) is 5.88 Å². The van der Waals surface area contributed by atoms with Crippen LogP contribution in [0, 0.1) is 13.8 Å². The molecule has 0 fully saturated rings. The lowest BCUT2D eigenvalue weighted by Gasteiger charge is -2.11. The van der Waals surface area contributed by atoms with E-state index in [0.29, 0.717) is 11.7 Å². The molecule has 0 aliphatic heterocycles. The molecule has 1 aromatic rings. The molecule has 0 atom stereocenters. The number of nitrogens with one attached hydrogen (secondary N) is 1. The Morgan fingerprint density at radius 2 is 2.07 bits per heavy atom. The van der Waals surface area contributed by atoms with Crippen LogP contribution in [-0.4, -0.2) is 34.8 Å². The van der Waals surface area contributed by atoms with E-state index in [1.165, 1.54) is 0 Å². The van der Waals surface area contributed by atoms with Gasteiger partial charge in [0.25, 0.3) is 0 Å². The molecule has 0 saturated heterocycles. The van der Waals surface area contributed by atoms with Crippen LogP contribution in [0.15, 0.2) is 0 Å². The molecule has 0 radical (unpaired) electrons. The number of rotatable bonds is 5. The molecule has 5 heteroatoms. The van der Waals surface area contributed by atoms with Gasteiger partial charge in [-0.2, -0.15) is 4.98 Å². The van der Waals surface area contributed by atoms with E-state index in [1.54, 1.807) is 0 Å². The van der Waals surface area contributed by atoms with Crippen molar-refractivity contribution in [2.24, 2.45) is 0 Å². The van der Waals surface area contributed by atoms with Gasteiger partial charge in [0.2, 0.25) is 5.88 Å². The summed E-state index contributed by atoms with van der Waals surface area (Å²) in [6, 6.07) is 0. The Bertz CT molecular complexity index is 329. The third-order valence-electron chi connectivity index (χ3n) is 1.89. The third-order valence-corrected chi connectivity index (χ3v) is 1.89. The highest BCUT2D eigenvalue weighted by Gasteiger charge is 2.09. The van der Waals surface area contributed by atoms with Gasteiger partial charge in [0.15, 0.2) is 0 Å². The van der Waals surface area contributed by atoms with Crippen LogP contribution in [-0.2, 0) is 0 Å². The van der Waals surface area contributed by atoms with E-state index in [9.17, 15) is 0 Å². The fraction of sp³-hybridized carbons (Fsp3) is 0.600. The van der Waals surface area contributed by atoms with Crippen molar-refractivity contribution in [1.82, 2.24) is 9.97 Å². The Morgan fingerprint density at radius 3 is 2.67 bits per heavy atom. The van der Waals surface area contributed by atoms with Gasteiger partial charge >= 0.3 is 0 Å². The summed E-state index contributed by atoms with van der Waals surface area (Å²) in [5, 5.41) is 11.8. The van der Waals surface area contributed by atoms with Crippen LogP contribution in [0.3, 0.4) is 0 Å². The number of hydrogen-bond donors (Lipinski definition) is 2. The van der Waals surface area contributed by atoms with E-state index in [2.05, 4.69) is 15.3 Å². The Balaban J connectivity index is 2.93. The zero-order chi connectivity index (χ0) is 11.3. The number of ether oxygens (including phenoxy) is 1. The maximum Gasteiger partial charge on any atom is 0.221 e. The monoisotopic (exact) mass is 211 g/mol. The minimum Gasteiger partial charge on any atom is -0.475 e. The van der Waals surface area contributed by atoms with Crippen LogP contribution < -0.4 is 10.1 Å². The van der Waals surface area contributed by atoms with E-state index in [1.807, 2.05) is 20.8 Å². The van der Waals surface area contributed by atoms with Crippen LogP contribution in [0.4, 0.5) is 5.82 Å². The zero-order valence-corrected chi connectivity index (χ0v) is 9.37. The normalized spacial score (nSPS) is 10.1. The highest BCUT2D eigenvalue weighted by molar-refractivity contribution is 5.48. The number of hydrogen-bond acceptors (Lipinski definition) is 5. The van der Waals surface area contributed by atoms with E-state index in [0.717, 1.165) is 17.9 Å². The first-order chi connectivity index (χ1) is 7.19. The van der Waals surface area contributed by atoms with Crippen molar-refractivity contribution in [3.63, 3.8) is 0 Å². The molecule has 0 aromatic carbocycles. The molecule has 1 rings (SSSR count). The maximum atomic E-state index is 8.68. The lowest BCUT2D eigenvalue weighted by atomic mass is 10.3. The number of nitrogens with zero attached hydrogens (tertiary/aromatic N) is 2. The highest BCUT2D eigenvalue weighted by Crippen LogP contribution is 2.21. The SMILES string of the molecule is CCNc1nc(C)nc(OCCO)c1C. The summed E-state index contributed by atoms with van der Waals surface area (Å²) in [4.78, 5) is 8.44. The van der Waals surface area contributed by atoms with Gasteiger partial charge in [-0.1, -0.05) is 0 Å². The van der Waals surface area contributed by atoms with Crippen molar-refractivity contribution in [2.75, 3.05) is 25.1 Å². The second-order valence-electron chi connectivity index (χ2n) is 3.15. The van der Waals surface area contributed by atoms with Gasteiger partial charge < -0.3 is 15.2 Å². The van der Waals surface area contributed by atoms with E-state index in [-0.39, 0.29) is 13.2 Å². The summed E-state index contributed by atoms with van der Waals surface area (Å²) >= 11 is 0. The van der Waals surface area contributed by atoms with E-state index in [4.69, 9.17) is 9.84 Å². The largest absolute Gasteiger partial charge is 0.475 e. The molecule has 2 N–H and O–H groups in total. The molecule has 0 aliphatic rings. The van der Waals surface area contributed by atoms with Crippen LogP contribution >= 0.6 is 0 Å². The Kier molecular flexibility index (Phi) is 4.30. The summed E-state index contributed by atoms with van der Waals surface area (Å²) in [6.07, 6.45) is 0. The van der Waals surface area contributed by atoms with Crippen molar-refractivity contribution < 1.29 is 9.84 Å². The molecule has 0 spiro atoms. The molecule has 1 aromatic heterocycles. The summed E-state index contributed by atoms with van der Waals surface area (Å²) in [5.74, 6) is 1.98. The fourth-order valence-corrected chi connectivity index (χ4v) is 1.23. The summed E-state index contributed by atoms with van der Waals surface area (Å²) in [7, 11) is 0. The first-order valence-electron chi connectivity index (χ1n) is 5.01. The molecular formula is C10H17N3O2. The first-order valence-corrected chi connectivity index (χ1v) is 5.01. The Labute approximate surface area is 89.5 Å². The number of aliphatic hydroxyl groups is 1. The molecule has 15 heavy (non-hydrogen) atoms. The second-order valence-corrected chi connectivity index (χ2v) is 3.15. The minimum atomic E-state index is -0.0149. The first kappa shape index (κ1) is 11.7.